The van der Waals surface area contributed by atoms with E-state index >= 15 is 0 Å². The van der Waals surface area contributed by atoms with Gasteiger partial charge in [-0.3, -0.25) is 0 Å². The zero-order valence-corrected chi connectivity index (χ0v) is 10.7. The van der Waals surface area contributed by atoms with Gasteiger partial charge in [0.25, 0.3) is 0 Å². The average Bonchev–Trinajstić information content (AvgIpc) is 2.40. The Balaban J connectivity index is 2.11. The average molecular weight is 277 g/mol. The van der Waals surface area contributed by atoms with Crippen LogP contribution in [0.25, 0.3) is 6.08 Å². The molecule has 2 N–H and O–H groups in total. The molecule has 1 nitrogen and oxygen atoms in total. The summed E-state index contributed by atoms with van der Waals surface area (Å²) in [6.07, 6.45) is -0.251. The second-order valence-electron chi connectivity index (χ2n) is 4.43. The van der Waals surface area contributed by atoms with Gasteiger partial charge in [-0.05, 0) is 35.7 Å². The third kappa shape index (κ3) is 3.63. The molecule has 2 aromatic carbocycles. The summed E-state index contributed by atoms with van der Waals surface area (Å²) in [6, 6.07) is 12.6. The second-order valence-corrected chi connectivity index (χ2v) is 4.43. The van der Waals surface area contributed by atoms with Crippen LogP contribution in [-0.4, -0.2) is 0 Å². The van der Waals surface area contributed by atoms with Gasteiger partial charge in [-0.25, -0.2) is 0 Å². The van der Waals surface area contributed by atoms with Crippen molar-refractivity contribution in [2.75, 3.05) is 5.73 Å². The zero-order chi connectivity index (χ0) is 14.6. The normalized spacial score (nSPS) is 11.9. The minimum absolute atomic E-state index is 0.523. The molecule has 0 saturated heterocycles. The van der Waals surface area contributed by atoms with E-state index in [0.717, 1.165) is 17.7 Å². The van der Waals surface area contributed by atoms with Gasteiger partial charge in [-0.2, -0.15) is 13.2 Å². The highest BCUT2D eigenvalue weighted by atomic mass is 19.4. The Kier molecular flexibility index (Phi) is 4.13. The summed E-state index contributed by atoms with van der Waals surface area (Å²) >= 11 is 0. The minimum atomic E-state index is -4.31. The van der Waals surface area contributed by atoms with Gasteiger partial charge in [0.15, 0.2) is 0 Å². The highest BCUT2D eigenvalue weighted by molar-refractivity contribution is 5.53. The van der Waals surface area contributed by atoms with Crippen LogP contribution in [0.15, 0.2) is 54.6 Å². The lowest BCUT2D eigenvalue weighted by Gasteiger charge is -2.06. The van der Waals surface area contributed by atoms with E-state index < -0.39 is 11.7 Å². The molecule has 0 aliphatic heterocycles. The summed E-state index contributed by atoms with van der Waals surface area (Å²) in [5.41, 5.74) is 7.32. The number of nitrogens with two attached hydrogens (primary N) is 1. The molecule has 2 aromatic rings. The van der Waals surface area contributed by atoms with Gasteiger partial charge < -0.3 is 5.73 Å². The van der Waals surface area contributed by atoms with E-state index in [0.29, 0.717) is 17.7 Å². The highest BCUT2D eigenvalue weighted by Gasteiger charge is 2.30. The molecule has 20 heavy (non-hydrogen) atoms. The van der Waals surface area contributed by atoms with Crippen LogP contribution in [0.2, 0.25) is 0 Å². The molecule has 0 bridgehead atoms. The maximum atomic E-state index is 12.6. The van der Waals surface area contributed by atoms with Crippen LogP contribution in [0, 0.1) is 0 Å². The van der Waals surface area contributed by atoms with Crippen LogP contribution in [0.4, 0.5) is 18.9 Å². The predicted molar refractivity (Wildman–Crippen MR) is 75.0 cm³/mol. The fourth-order valence-electron chi connectivity index (χ4n) is 1.86. The molecule has 0 aromatic heterocycles. The van der Waals surface area contributed by atoms with Crippen LogP contribution >= 0.6 is 0 Å². The molecule has 2 rings (SSSR count). The van der Waals surface area contributed by atoms with Gasteiger partial charge in [0, 0.05) is 5.69 Å². The number of allylic oxidation sites excluding steroid dienone is 1. The van der Waals surface area contributed by atoms with E-state index in [9.17, 15) is 13.2 Å². The Morgan fingerprint density at radius 1 is 1.00 bits per heavy atom. The van der Waals surface area contributed by atoms with Crippen molar-refractivity contribution in [3.63, 3.8) is 0 Å². The summed E-state index contributed by atoms with van der Waals surface area (Å²) in [6.45, 7) is 0. The fourth-order valence-corrected chi connectivity index (χ4v) is 1.86. The summed E-state index contributed by atoms with van der Waals surface area (Å²) in [7, 11) is 0. The lowest BCUT2D eigenvalue weighted by Crippen LogP contribution is -2.04. The third-order valence-corrected chi connectivity index (χ3v) is 2.92. The zero-order valence-electron chi connectivity index (χ0n) is 10.7. The largest absolute Gasteiger partial charge is 0.416 e. The molecule has 0 spiro atoms. The summed E-state index contributed by atoms with van der Waals surface area (Å²) in [5, 5.41) is 0. The van der Waals surface area contributed by atoms with E-state index in [4.69, 9.17) is 5.73 Å². The van der Waals surface area contributed by atoms with Crippen molar-refractivity contribution in [3.8, 4) is 0 Å². The highest BCUT2D eigenvalue weighted by Crippen LogP contribution is 2.29. The van der Waals surface area contributed by atoms with Crippen molar-refractivity contribution in [3.05, 3.63) is 71.3 Å². The molecule has 0 heterocycles. The van der Waals surface area contributed by atoms with Crippen LogP contribution in [0.3, 0.4) is 0 Å². The number of halogens is 3. The Morgan fingerprint density at radius 2 is 1.75 bits per heavy atom. The van der Waals surface area contributed by atoms with Crippen molar-refractivity contribution in [1.82, 2.24) is 0 Å². The molecule has 104 valence electrons. The number of anilines is 1. The Morgan fingerprint density at radius 3 is 2.45 bits per heavy atom. The second kappa shape index (κ2) is 5.82. The summed E-state index contributed by atoms with van der Waals surface area (Å²) < 4.78 is 37.7. The number of alkyl halides is 3. The van der Waals surface area contributed by atoms with E-state index in [1.807, 2.05) is 18.2 Å². The standard InChI is InChI=1S/C16H14F3N/c17-16(18,19)14-9-4-6-12(11-14)5-3-8-13-7-1-2-10-15(13)20/h1-7,9-11H,8,20H2/b5-3+. The Bertz CT molecular complexity index is 615. The van der Waals surface area contributed by atoms with E-state index in [1.54, 1.807) is 24.3 Å². The number of nitrogen functional groups attached to an aromatic ring is 1. The minimum Gasteiger partial charge on any atom is -0.398 e. The molecule has 0 atom stereocenters. The van der Waals surface area contributed by atoms with E-state index in [-0.39, 0.29) is 0 Å². The quantitative estimate of drug-likeness (QED) is 0.819. The molecule has 0 aliphatic rings. The molecular formula is C16H14F3N. The molecule has 0 saturated carbocycles. The first kappa shape index (κ1) is 14.2. The number of hydrogen-bond donors (Lipinski definition) is 1. The number of hydrogen-bond acceptors (Lipinski definition) is 1. The van der Waals surface area contributed by atoms with Gasteiger partial charge in [0.1, 0.15) is 0 Å². The number of benzene rings is 2. The molecule has 0 unspecified atom stereocenters. The maximum absolute atomic E-state index is 12.6. The molecular weight excluding hydrogens is 263 g/mol. The molecule has 0 fully saturated rings. The van der Waals surface area contributed by atoms with Gasteiger partial charge >= 0.3 is 6.18 Å². The summed E-state index contributed by atoms with van der Waals surface area (Å²) in [4.78, 5) is 0. The van der Waals surface area contributed by atoms with Gasteiger partial charge in [-0.15, -0.1) is 0 Å². The number of rotatable bonds is 3. The van der Waals surface area contributed by atoms with Crippen LogP contribution in [0.1, 0.15) is 16.7 Å². The first-order valence-electron chi connectivity index (χ1n) is 6.14. The molecule has 0 aliphatic carbocycles. The van der Waals surface area contributed by atoms with Gasteiger partial charge in [0.2, 0.25) is 0 Å². The van der Waals surface area contributed by atoms with Gasteiger partial charge in [-0.1, -0.05) is 42.5 Å². The van der Waals surface area contributed by atoms with Crippen molar-refractivity contribution in [2.24, 2.45) is 0 Å². The lowest BCUT2D eigenvalue weighted by atomic mass is 10.1. The smallest absolute Gasteiger partial charge is 0.398 e. The van der Waals surface area contributed by atoms with Crippen molar-refractivity contribution >= 4 is 11.8 Å². The number of para-hydroxylation sites is 1. The maximum Gasteiger partial charge on any atom is 0.416 e. The fraction of sp³-hybridized carbons (Fsp3) is 0.125. The molecule has 4 heteroatoms. The van der Waals surface area contributed by atoms with Crippen LogP contribution in [0.5, 0.6) is 0 Å². The molecule has 0 radical (unpaired) electrons. The summed E-state index contributed by atoms with van der Waals surface area (Å²) in [5.74, 6) is 0. The van der Waals surface area contributed by atoms with E-state index in [2.05, 4.69) is 0 Å². The van der Waals surface area contributed by atoms with Crippen molar-refractivity contribution in [2.45, 2.75) is 12.6 Å². The van der Waals surface area contributed by atoms with Crippen LogP contribution < -0.4 is 5.73 Å². The third-order valence-electron chi connectivity index (χ3n) is 2.92. The SMILES string of the molecule is Nc1ccccc1C/C=C/c1cccc(C(F)(F)F)c1. The van der Waals surface area contributed by atoms with Crippen molar-refractivity contribution < 1.29 is 13.2 Å². The van der Waals surface area contributed by atoms with Crippen LogP contribution in [-0.2, 0) is 12.6 Å². The lowest BCUT2D eigenvalue weighted by molar-refractivity contribution is -0.137. The first-order valence-corrected chi connectivity index (χ1v) is 6.14. The van der Waals surface area contributed by atoms with Crippen molar-refractivity contribution in [1.29, 1.82) is 0 Å². The topological polar surface area (TPSA) is 26.0 Å². The monoisotopic (exact) mass is 277 g/mol. The van der Waals surface area contributed by atoms with E-state index in [1.165, 1.54) is 6.07 Å². The Hall–Kier alpha value is -2.23. The Labute approximate surface area is 115 Å². The van der Waals surface area contributed by atoms with Gasteiger partial charge in [0.05, 0.1) is 5.56 Å². The predicted octanol–water partition coefficient (Wildman–Crippen LogP) is 4.54. The first-order chi connectivity index (χ1) is 9.47. The molecule has 0 amide bonds.